The highest BCUT2D eigenvalue weighted by atomic mass is 16.5. The summed E-state index contributed by atoms with van der Waals surface area (Å²) in [7, 11) is 0. The first kappa shape index (κ1) is 16.3. The molecule has 0 spiro atoms. The first-order valence-electron chi connectivity index (χ1n) is 9.04. The molecule has 1 aromatic heterocycles. The molecule has 1 amide bonds. The molecule has 1 N–H and O–H groups in total. The summed E-state index contributed by atoms with van der Waals surface area (Å²) in [6.45, 7) is 5.85. The highest BCUT2D eigenvalue weighted by molar-refractivity contribution is 5.83. The Bertz CT molecular complexity index is 772. The Hall–Kier alpha value is -2.21. The van der Waals surface area contributed by atoms with Gasteiger partial charge in [0.15, 0.2) is 5.82 Å². The summed E-state index contributed by atoms with van der Waals surface area (Å²) >= 11 is 0. The number of nitrogens with zero attached hydrogens (tertiary/aromatic N) is 3. The Labute approximate surface area is 147 Å². The standard InChI is InChI=1S/C19H24N4O2/c1-3-17-20-18(22-21-17)16-11-23(7-8-25-16)19(24)15-10-14(15)13-6-4-5-12(2)9-13/h4-6,9,14-16H,3,7-8,10-11H2,1-2H3,(H,20,21,22)/t14-,15+,16+/m1/s1. The van der Waals surface area contributed by atoms with Crippen molar-refractivity contribution in [3.63, 3.8) is 0 Å². The molecule has 1 saturated carbocycles. The topological polar surface area (TPSA) is 71.1 Å². The molecule has 2 fully saturated rings. The summed E-state index contributed by atoms with van der Waals surface area (Å²) in [5.41, 5.74) is 2.53. The van der Waals surface area contributed by atoms with Crippen LogP contribution in [0.15, 0.2) is 24.3 Å². The number of aryl methyl sites for hydroxylation is 2. The number of benzene rings is 1. The minimum atomic E-state index is -0.231. The van der Waals surface area contributed by atoms with Crippen LogP contribution in [0.25, 0.3) is 0 Å². The Morgan fingerprint density at radius 3 is 3.08 bits per heavy atom. The number of H-pyrrole nitrogens is 1. The molecule has 1 saturated heterocycles. The van der Waals surface area contributed by atoms with E-state index in [1.54, 1.807) is 0 Å². The van der Waals surface area contributed by atoms with E-state index in [9.17, 15) is 4.79 Å². The zero-order valence-electron chi connectivity index (χ0n) is 14.7. The number of ether oxygens (including phenoxy) is 1. The van der Waals surface area contributed by atoms with Crippen LogP contribution in [0.5, 0.6) is 0 Å². The van der Waals surface area contributed by atoms with Crippen LogP contribution >= 0.6 is 0 Å². The van der Waals surface area contributed by atoms with Crippen LogP contribution in [0.2, 0.25) is 0 Å². The van der Waals surface area contributed by atoms with Gasteiger partial charge in [-0.05, 0) is 24.8 Å². The summed E-state index contributed by atoms with van der Waals surface area (Å²) < 4.78 is 5.79. The molecule has 1 aromatic carbocycles. The van der Waals surface area contributed by atoms with Gasteiger partial charge in [0, 0.05) is 18.9 Å². The summed E-state index contributed by atoms with van der Waals surface area (Å²) in [6, 6.07) is 8.49. The van der Waals surface area contributed by atoms with E-state index in [1.807, 2.05) is 11.8 Å². The fourth-order valence-electron chi connectivity index (χ4n) is 3.59. The van der Waals surface area contributed by atoms with E-state index in [0.717, 1.165) is 18.7 Å². The number of rotatable bonds is 4. The number of hydrogen-bond donors (Lipinski definition) is 1. The lowest BCUT2D eigenvalue weighted by atomic mass is 10.1. The third-order valence-corrected chi connectivity index (χ3v) is 5.13. The van der Waals surface area contributed by atoms with Crippen molar-refractivity contribution >= 4 is 5.91 Å². The minimum absolute atomic E-state index is 0.110. The molecule has 1 aliphatic carbocycles. The summed E-state index contributed by atoms with van der Waals surface area (Å²) in [5, 5.41) is 7.16. The van der Waals surface area contributed by atoms with Gasteiger partial charge in [0.2, 0.25) is 5.91 Å². The molecule has 3 atom stereocenters. The third-order valence-electron chi connectivity index (χ3n) is 5.13. The van der Waals surface area contributed by atoms with Gasteiger partial charge < -0.3 is 9.64 Å². The van der Waals surface area contributed by atoms with Crippen molar-refractivity contribution < 1.29 is 9.53 Å². The van der Waals surface area contributed by atoms with E-state index >= 15 is 0 Å². The molecule has 0 radical (unpaired) electrons. The van der Waals surface area contributed by atoms with Gasteiger partial charge in [0.25, 0.3) is 0 Å². The Morgan fingerprint density at radius 1 is 1.44 bits per heavy atom. The van der Waals surface area contributed by atoms with Gasteiger partial charge in [0.05, 0.1) is 13.2 Å². The second-order valence-electron chi connectivity index (χ2n) is 7.00. The minimum Gasteiger partial charge on any atom is -0.366 e. The van der Waals surface area contributed by atoms with Gasteiger partial charge in [-0.15, -0.1) is 0 Å². The van der Waals surface area contributed by atoms with Crippen LogP contribution < -0.4 is 0 Å². The first-order valence-corrected chi connectivity index (χ1v) is 9.04. The quantitative estimate of drug-likeness (QED) is 0.928. The lowest BCUT2D eigenvalue weighted by molar-refractivity contribution is -0.140. The van der Waals surface area contributed by atoms with Crippen LogP contribution in [-0.2, 0) is 16.0 Å². The monoisotopic (exact) mass is 340 g/mol. The molecule has 0 unspecified atom stereocenters. The fourth-order valence-corrected chi connectivity index (χ4v) is 3.59. The van der Waals surface area contributed by atoms with Crippen molar-refractivity contribution in [2.75, 3.05) is 19.7 Å². The first-order chi connectivity index (χ1) is 12.2. The zero-order chi connectivity index (χ0) is 17.4. The maximum Gasteiger partial charge on any atom is 0.226 e. The molecule has 2 aliphatic rings. The van der Waals surface area contributed by atoms with Crippen molar-refractivity contribution in [1.82, 2.24) is 20.1 Å². The van der Waals surface area contributed by atoms with E-state index in [1.165, 1.54) is 11.1 Å². The van der Waals surface area contributed by atoms with Crippen molar-refractivity contribution in [3.05, 3.63) is 47.0 Å². The molecule has 25 heavy (non-hydrogen) atoms. The molecular formula is C19H24N4O2. The number of amides is 1. The number of nitrogens with one attached hydrogen (secondary N) is 1. The molecule has 6 nitrogen and oxygen atoms in total. The smallest absolute Gasteiger partial charge is 0.226 e. The van der Waals surface area contributed by atoms with Gasteiger partial charge in [0.1, 0.15) is 11.9 Å². The highest BCUT2D eigenvalue weighted by Crippen LogP contribution is 2.48. The second kappa shape index (κ2) is 6.59. The van der Waals surface area contributed by atoms with Gasteiger partial charge in [-0.25, -0.2) is 4.98 Å². The van der Waals surface area contributed by atoms with Crippen molar-refractivity contribution in [3.8, 4) is 0 Å². The number of aromatic amines is 1. The lowest BCUT2D eigenvalue weighted by Gasteiger charge is -2.32. The fraction of sp³-hybridized carbons (Fsp3) is 0.526. The van der Waals surface area contributed by atoms with Crippen molar-refractivity contribution in [2.45, 2.75) is 38.7 Å². The van der Waals surface area contributed by atoms with E-state index < -0.39 is 0 Å². The van der Waals surface area contributed by atoms with Gasteiger partial charge in [-0.1, -0.05) is 36.8 Å². The average Bonchev–Trinajstić information content (AvgIpc) is 3.30. The normalized spacial score (nSPS) is 25.8. The summed E-state index contributed by atoms with van der Waals surface area (Å²) in [6.07, 6.45) is 1.53. The second-order valence-corrected chi connectivity index (χ2v) is 7.00. The predicted molar refractivity (Wildman–Crippen MR) is 93.1 cm³/mol. The number of aromatic nitrogens is 3. The molecule has 1 aliphatic heterocycles. The number of morpholine rings is 1. The molecule has 4 rings (SSSR count). The van der Waals surface area contributed by atoms with Gasteiger partial charge in [-0.3, -0.25) is 9.89 Å². The molecule has 132 valence electrons. The Morgan fingerprint density at radius 2 is 2.32 bits per heavy atom. The summed E-state index contributed by atoms with van der Waals surface area (Å²) in [4.78, 5) is 19.3. The SMILES string of the molecule is CCc1nc([C@@H]2CN(C(=O)[C@H]3C[C@@H]3c3cccc(C)c3)CCO2)n[nH]1. The maximum atomic E-state index is 12.9. The molecule has 2 heterocycles. The Kier molecular flexibility index (Phi) is 4.29. The van der Waals surface area contributed by atoms with Crippen molar-refractivity contribution in [1.29, 1.82) is 0 Å². The van der Waals surface area contributed by atoms with Crippen LogP contribution in [0.4, 0.5) is 0 Å². The van der Waals surface area contributed by atoms with Crippen LogP contribution in [0.3, 0.4) is 0 Å². The van der Waals surface area contributed by atoms with Gasteiger partial charge >= 0.3 is 0 Å². The number of carbonyl (C=O) groups excluding carboxylic acids is 1. The van der Waals surface area contributed by atoms with E-state index in [2.05, 4.69) is 46.4 Å². The Balaban J connectivity index is 1.41. The van der Waals surface area contributed by atoms with E-state index in [4.69, 9.17) is 4.74 Å². The lowest BCUT2D eigenvalue weighted by Crippen LogP contribution is -2.43. The molecule has 6 heteroatoms. The van der Waals surface area contributed by atoms with E-state index in [-0.39, 0.29) is 17.9 Å². The van der Waals surface area contributed by atoms with Gasteiger partial charge in [-0.2, -0.15) is 5.10 Å². The van der Waals surface area contributed by atoms with Crippen LogP contribution in [0, 0.1) is 12.8 Å². The number of carbonyl (C=O) groups is 1. The largest absolute Gasteiger partial charge is 0.366 e. The van der Waals surface area contributed by atoms with Crippen LogP contribution in [0.1, 0.15) is 48.1 Å². The van der Waals surface area contributed by atoms with E-state index in [0.29, 0.717) is 31.4 Å². The summed E-state index contributed by atoms with van der Waals surface area (Å²) in [5.74, 6) is 2.22. The number of hydrogen-bond acceptors (Lipinski definition) is 4. The predicted octanol–water partition coefficient (Wildman–Crippen LogP) is 2.38. The molecular weight excluding hydrogens is 316 g/mol. The van der Waals surface area contributed by atoms with Crippen molar-refractivity contribution in [2.24, 2.45) is 5.92 Å². The maximum absolute atomic E-state index is 12.9. The zero-order valence-corrected chi connectivity index (χ0v) is 14.7. The average molecular weight is 340 g/mol. The molecule has 0 bridgehead atoms. The molecule has 2 aromatic rings. The van der Waals surface area contributed by atoms with Crippen LogP contribution in [-0.4, -0.2) is 45.7 Å². The third kappa shape index (κ3) is 3.31. The highest BCUT2D eigenvalue weighted by Gasteiger charge is 2.46.